The molecule has 0 aromatic heterocycles. The van der Waals surface area contributed by atoms with E-state index in [9.17, 15) is 0 Å². The molecule has 106 valence electrons. The summed E-state index contributed by atoms with van der Waals surface area (Å²) < 4.78 is 6.48. The van der Waals surface area contributed by atoms with E-state index in [0.29, 0.717) is 18.2 Å². The molecular weight excluding hydrogens is 222 g/mol. The van der Waals surface area contributed by atoms with E-state index in [1.54, 1.807) is 0 Å². The van der Waals surface area contributed by atoms with Crippen LogP contribution in [0.1, 0.15) is 65.2 Å². The third-order valence-corrected chi connectivity index (χ3v) is 5.10. The van der Waals surface area contributed by atoms with Gasteiger partial charge in [0, 0.05) is 6.04 Å². The van der Waals surface area contributed by atoms with E-state index in [-0.39, 0.29) is 0 Å². The Morgan fingerprint density at radius 3 is 2.61 bits per heavy atom. The smallest absolute Gasteiger partial charge is 0.0734 e. The van der Waals surface area contributed by atoms with Crippen LogP contribution in [0.5, 0.6) is 0 Å². The Labute approximate surface area is 113 Å². The molecule has 2 aliphatic carbocycles. The molecule has 2 aliphatic rings. The number of likely N-dealkylation sites (N-methyl/N-ethyl adjacent to an activating group) is 1. The average Bonchev–Trinajstić information content (AvgIpc) is 2.38. The van der Waals surface area contributed by atoms with Crippen LogP contribution < -0.4 is 5.32 Å². The molecule has 18 heavy (non-hydrogen) atoms. The Bertz CT molecular complexity index is 243. The summed E-state index contributed by atoms with van der Waals surface area (Å²) in [6.45, 7) is 4.70. The lowest BCUT2D eigenvalue weighted by molar-refractivity contribution is -0.0751. The van der Waals surface area contributed by atoms with Gasteiger partial charge in [-0.1, -0.05) is 33.1 Å². The van der Waals surface area contributed by atoms with Gasteiger partial charge in [-0.2, -0.15) is 0 Å². The summed E-state index contributed by atoms with van der Waals surface area (Å²) in [6.07, 6.45) is 11.6. The molecule has 0 amide bonds. The summed E-state index contributed by atoms with van der Waals surface area (Å²) >= 11 is 0. The van der Waals surface area contributed by atoms with Crippen molar-refractivity contribution in [3.05, 3.63) is 0 Å². The predicted octanol–water partition coefficient (Wildman–Crippen LogP) is 3.75. The Hall–Kier alpha value is -0.0800. The van der Waals surface area contributed by atoms with Crippen molar-refractivity contribution < 1.29 is 4.74 Å². The quantitative estimate of drug-likeness (QED) is 0.824. The van der Waals surface area contributed by atoms with Crippen LogP contribution in [0.3, 0.4) is 0 Å². The summed E-state index contributed by atoms with van der Waals surface area (Å²) in [5, 5.41) is 3.47. The molecule has 2 rings (SSSR count). The molecule has 0 radical (unpaired) electrons. The third-order valence-electron chi connectivity index (χ3n) is 5.10. The minimum absolute atomic E-state index is 0.462. The van der Waals surface area contributed by atoms with Gasteiger partial charge in [-0.15, -0.1) is 0 Å². The summed E-state index contributed by atoms with van der Waals surface area (Å²) in [7, 11) is 2.09. The first-order valence-electron chi connectivity index (χ1n) is 8.05. The average molecular weight is 253 g/mol. The summed E-state index contributed by atoms with van der Waals surface area (Å²) in [5.74, 6) is 1.75. The molecule has 5 atom stereocenters. The maximum atomic E-state index is 6.48. The second-order valence-corrected chi connectivity index (χ2v) is 6.55. The molecule has 0 saturated heterocycles. The van der Waals surface area contributed by atoms with E-state index < -0.39 is 0 Å². The van der Waals surface area contributed by atoms with Gasteiger partial charge in [0.15, 0.2) is 0 Å². The van der Waals surface area contributed by atoms with Crippen LogP contribution in [-0.2, 0) is 4.74 Å². The topological polar surface area (TPSA) is 21.3 Å². The summed E-state index contributed by atoms with van der Waals surface area (Å²) in [5.41, 5.74) is 0. The molecule has 0 aliphatic heterocycles. The summed E-state index contributed by atoms with van der Waals surface area (Å²) in [6, 6.07) is 0.588. The lowest BCUT2D eigenvalue weighted by Gasteiger charge is -2.39. The minimum Gasteiger partial charge on any atom is -0.373 e. The van der Waals surface area contributed by atoms with Crippen LogP contribution in [0.2, 0.25) is 0 Å². The molecule has 0 spiro atoms. The van der Waals surface area contributed by atoms with Gasteiger partial charge in [-0.05, 0) is 51.0 Å². The van der Waals surface area contributed by atoms with Crippen LogP contribution in [0, 0.1) is 11.8 Å². The predicted molar refractivity (Wildman–Crippen MR) is 76.8 cm³/mol. The van der Waals surface area contributed by atoms with Crippen molar-refractivity contribution >= 4 is 0 Å². The number of nitrogens with one attached hydrogen (secondary N) is 1. The zero-order valence-electron chi connectivity index (χ0n) is 12.5. The van der Waals surface area contributed by atoms with Crippen LogP contribution in [0.4, 0.5) is 0 Å². The highest BCUT2D eigenvalue weighted by molar-refractivity contribution is 4.86. The highest BCUT2D eigenvalue weighted by Gasteiger charge is 2.32. The molecule has 2 saturated carbocycles. The third kappa shape index (κ3) is 3.71. The SMILES string of the molecule is CCC1CCC(NC)C(OC2CCCC(C)C2)C1. The Kier molecular flexibility index (Phi) is 5.50. The minimum atomic E-state index is 0.462. The van der Waals surface area contributed by atoms with Crippen molar-refractivity contribution in [2.45, 2.75) is 83.5 Å². The van der Waals surface area contributed by atoms with Gasteiger partial charge in [-0.25, -0.2) is 0 Å². The van der Waals surface area contributed by atoms with Crippen molar-refractivity contribution in [3.8, 4) is 0 Å². The number of hydrogen-bond donors (Lipinski definition) is 1. The van der Waals surface area contributed by atoms with Crippen LogP contribution in [-0.4, -0.2) is 25.3 Å². The lowest BCUT2D eigenvalue weighted by atomic mass is 9.82. The van der Waals surface area contributed by atoms with E-state index in [1.807, 2.05) is 0 Å². The molecule has 0 bridgehead atoms. The molecule has 0 aromatic rings. The molecule has 0 heterocycles. The first-order chi connectivity index (χ1) is 8.72. The van der Waals surface area contributed by atoms with E-state index in [1.165, 1.54) is 51.4 Å². The molecule has 0 aromatic carbocycles. The Balaban J connectivity index is 1.87. The monoisotopic (exact) mass is 253 g/mol. The number of ether oxygens (including phenoxy) is 1. The lowest BCUT2D eigenvalue weighted by Crippen LogP contribution is -2.46. The molecule has 2 heteroatoms. The second-order valence-electron chi connectivity index (χ2n) is 6.55. The van der Waals surface area contributed by atoms with Crippen molar-refractivity contribution in [1.29, 1.82) is 0 Å². The van der Waals surface area contributed by atoms with Gasteiger partial charge in [-0.3, -0.25) is 0 Å². The Morgan fingerprint density at radius 1 is 1.11 bits per heavy atom. The zero-order chi connectivity index (χ0) is 13.0. The van der Waals surface area contributed by atoms with Crippen LogP contribution in [0.25, 0.3) is 0 Å². The van der Waals surface area contributed by atoms with Crippen molar-refractivity contribution in [1.82, 2.24) is 5.32 Å². The van der Waals surface area contributed by atoms with Gasteiger partial charge in [0.2, 0.25) is 0 Å². The van der Waals surface area contributed by atoms with Crippen molar-refractivity contribution in [2.75, 3.05) is 7.05 Å². The first kappa shape index (κ1) is 14.3. The van der Waals surface area contributed by atoms with Crippen LogP contribution >= 0.6 is 0 Å². The standard InChI is InChI=1S/C16H31NO/c1-4-13-8-9-15(17-3)16(11-13)18-14-7-5-6-12(2)10-14/h12-17H,4-11H2,1-3H3. The first-order valence-corrected chi connectivity index (χ1v) is 8.05. The fraction of sp³-hybridized carbons (Fsp3) is 1.00. The molecule has 1 N–H and O–H groups in total. The van der Waals surface area contributed by atoms with E-state index >= 15 is 0 Å². The molecular formula is C16H31NO. The molecule has 5 unspecified atom stereocenters. The fourth-order valence-corrected chi connectivity index (χ4v) is 3.81. The van der Waals surface area contributed by atoms with Gasteiger partial charge in [0.05, 0.1) is 12.2 Å². The molecule has 2 fully saturated rings. The zero-order valence-corrected chi connectivity index (χ0v) is 12.5. The number of rotatable bonds is 4. The Morgan fingerprint density at radius 2 is 1.94 bits per heavy atom. The fourth-order valence-electron chi connectivity index (χ4n) is 3.81. The second kappa shape index (κ2) is 6.91. The van der Waals surface area contributed by atoms with Gasteiger partial charge < -0.3 is 10.1 Å². The maximum Gasteiger partial charge on any atom is 0.0734 e. The highest BCUT2D eigenvalue weighted by atomic mass is 16.5. The maximum absolute atomic E-state index is 6.48. The normalized spacial score (nSPS) is 41.8. The van der Waals surface area contributed by atoms with Gasteiger partial charge in [0.25, 0.3) is 0 Å². The van der Waals surface area contributed by atoms with Crippen molar-refractivity contribution in [3.63, 3.8) is 0 Å². The largest absolute Gasteiger partial charge is 0.373 e. The number of hydrogen-bond acceptors (Lipinski definition) is 2. The van der Waals surface area contributed by atoms with Crippen molar-refractivity contribution in [2.24, 2.45) is 11.8 Å². The summed E-state index contributed by atoms with van der Waals surface area (Å²) in [4.78, 5) is 0. The van der Waals surface area contributed by atoms with Crippen LogP contribution in [0.15, 0.2) is 0 Å². The molecule has 2 nitrogen and oxygen atoms in total. The highest BCUT2D eigenvalue weighted by Crippen LogP contribution is 2.33. The van der Waals surface area contributed by atoms with Gasteiger partial charge in [0.1, 0.15) is 0 Å². The van der Waals surface area contributed by atoms with E-state index in [4.69, 9.17) is 4.74 Å². The van der Waals surface area contributed by atoms with E-state index in [2.05, 4.69) is 26.2 Å². The van der Waals surface area contributed by atoms with E-state index in [0.717, 1.165) is 11.8 Å². The van der Waals surface area contributed by atoms with Gasteiger partial charge >= 0.3 is 0 Å².